The smallest absolute Gasteiger partial charge is 0.250 e. The second-order valence-electron chi connectivity index (χ2n) is 6.45. The van der Waals surface area contributed by atoms with Gasteiger partial charge in [0.2, 0.25) is 15.9 Å². The molecule has 0 atom stereocenters. The summed E-state index contributed by atoms with van der Waals surface area (Å²) in [5, 5.41) is 4.45. The highest BCUT2D eigenvalue weighted by Crippen LogP contribution is 2.21. The van der Waals surface area contributed by atoms with Gasteiger partial charge < -0.3 is 4.90 Å². The van der Waals surface area contributed by atoms with Gasteiger partial charge in [-0.15, -0.1) is 11.3 Å². The zero-order valence-electron chi connectivity index (χ0n) is 14.5. The minimum Gasteiger partial charge on any atom is -0.335 e. The third kappa shape index (κ3) is 3.94. The number of sulfonamides is 1. The Hall–Kier alpha value is -1.71. The first-order chi connectivity index (χ1) is 11.8. The highest BCUT2D eigenvalue weighted by atomic mass is 32.2. The van der Waals surface area contributed by atoms with Crippen LogP contribution in [0.15, 0.2) is 22.4 Å². The summed E-state index contributed by atoms with van der Waals surface area (Å²) in [5.74, 6) is 0.0952. The van der Waals surface area contributed by atoms with Crippen LogP contribution in [-0.4, -0.2) is 35.6 Å². The fourth-order valence-electron chi connectivity index (χ4n) is 2.76. The molecule has 0 aliphatic carbocycles. The molecule has 0 aromatic carbocycles. The van der Waals surface area contributed by atoms with E-state index in [2.05, 4.69) is 9.82 Å². The molecule has 0 bridgehead atoms. The number of amides is 1. The Morgan fingerprint density at radius 1 is 1.36 bits per heavy atom. The highest BCUT2D eigenvalue weighted by Gasteiger charge is 2.24. The van der Waals surface area contributed by atoms with E-state index in [1.165, 1.54) is 11.3 Å². The number of hydrogen-bond donors (Lipinski definition) is 1. The van der Waals surface area contributed by atoms with Gasteiger partial charge in [-0.3, -0.25) is 9.48 Å². The van der Waals surface area contributed by atoms with Gasteiger partial charge in [0.05, 0.1) is 31.0 Å². The third-order valence-electron chi connectivity index (χ3n) is 4.08. The van der Waals surface area contributed by atoms with Crippen LogP contribution >= 0.6 is 11.3 Å². The number of carbonyl (C=O) groups excluding carboxylic acids is 1. The van der Waals surface area contributed by atoms with Crippen molar-refractivity contribution < 1.29 is 13.2 Å². The molecule has 3 heterocycles. The van der Waals surface area contributed by atoms with E-state index in [9.17, 15) is 13.2 Å². The predicted molar refractivity (Wildman–Crippen MR) is 95.6 cm³/mol. The van der Waals surface area contributed by atoms with Crippen molar-refractivity contribution in [2.45, 2.75) is 44.6 Å². The summed E-state index contributed by atoms with van der Waals surface area (Å²) in [5.41, 5.74) is 1.59. The summed E-state index contributed by atoms with van der Waals surface area (Å²) >= 11 is 1.24. The van der Waals surface area contributed by atoms with E-state index in [1.54, 1.807) is 12.1 Å². The van der Waals surface area contributed by atoms with Crippen molar-refractivity contribution >= 4 is 27.3 Å². The van der Waals surface area contributed by atoms with Crippen molar-refractivity contribution in [1.29, 1.82) is 0 Å². The van der Waals surface area contributed by atoms with E-state index in [0.29, 0.717) is 29.5 Å². The maximum atomic E-state index is 12.3. The van der Waals surface area contributed by atoms with Crippen molar-refractivity contribution in [2.75, 3.05) is 6.54 Å². The fraction of sp³-hybridized carbons (Fsp3) is 0.500. The van der Waals surface area contributed by atoms with Crippen LogP contribution in [0.2, 0.25) is 0 Å². The van der Waals surface area contributed by atoms with E-state index in [4.69, 9.17) is 0 Å². The maximum Gasteiger partial charge on any atom is 0.250 e. The summed E-state index contributed by atoms with van der Waals surface area (Å²) in [6.07, 6.45) is 0. The van der Waals surface area contributed by atoms with Gasteiger partial charge in [0, 0.05) is 17.3 Å². The summed E-state index contributed by atoms with van der Waals surface area (Å²) in [7, 11) is -3.52. The predicted octanol–water partition coefficient (Wildman–Crippen LogP) is 1.73. The Bertz CT molecular complexity index is 883. The van der Waals surface area contributed by atoms with Crippen LogP contribution in [0, 0.1) is 12.8 Å². The summed E-state index contributed by atoms with van der Waals surface area (Å²) in [6, 6.07) is 5.26. The zero-order valence-corrected chi connectivity index (χ0v) is 16.2. The van der Waals surface area contributed by atoms with Gasteiger partial charge in [0.15, 0.2) is 0 Å². The van der Waals surface area contributed by atoms with E-state index in [1.807, 2.05) is 36.4 Å². The molecule has 9 heteroatoms. The molecular formula is C16H22N4O3S2. The van der Waals surface area contributed by atoms with Crippen LogP contribution in [0.5, 0.6) is 0 Å². The second-order valence-corrected chi connectivity index (χ2v) is 9.74. The van der Waals surface area contributed by atoms with Gasteiger partial charge in [-0.1, -0.05) is 13.8 Å². The minimum atomic E-state index is -3.52. The van der Waals surface area contributed by atoms with Gasteiger partial charge >= 0.3 is 0 Å². The molecule has 2 aromatic heterocycles. The monoisotopic (exact) mass is 382 g/mol. The number of nitrogens with one attached hydrogen (secondary N) is 1. The van der Waals surface area contributed by atoms with E-state index >= 15 is 0 Å². The largest absolute Gasteiger partial charge is 0.335 e. The van der Waals surface area contributed by atoms with Crippen LogP contribution in [0.1, 0.15) is 30.1 Å². The first-order valence-corrected chi connectivity index (χ1v) is 10.5. The van der Waals surface area contributed by atoms with E-state index < -0.39 is 10.0 Å². The fourth-order valence-corrected chi connectivity index (χ4v) is 5.09. The van der Waals surface area contributed by atoms with E-state index in [0.717, 1.165) is 10.6 Å². The van der Waals surface area contributed by atoms with Crippen molar-refractivity contribution in [3.05, 3.63) is 34.5 Å². The van der Waals surface area contributed by atoms with Crippen LogP contribution in [0.3, 0.4) is 0 Å². The van der Waals surface area contributed by atoms with Gasteiger partial charge in [-0.05, 0) is 25.1 Å². The Balaban J connectivity index is 1.67. The lowest BCUT2D eigenvalue weighted by Crippen LogP contribution is -2.40. The summed E-state index contributed by atoms with van der Waals surface area (Å²) in [6.45, 7) is 7.56. The Kier molecular flexibility index (Phi) is 4.99. The Morgan fingerprint density at radius 2 is 2.12 bits per heavy atom. The molecule has 3 rings (SSSR count). The van der Waals surface area contributed by atoms with Crippen LogP contribution in [0.25, 0.3) is 0 Å². The van der Waals surface area contributed by atoms with Crippen molar-refractivity contribution in [2.24, 2.45) is 5.92 Å². The standard InChI is InChI=1S/C16H22N4O3S2/c1-11(2)16(21)19-6-7-20-14(10-19)8-13(18-20)9-17-25(22,23)15-5-4-12(3)24-15/h4-5,8,11,17H,6-7,9-10H2,1-3H3. The molecule has 0 spiro atoms. The lowest BCUT2D eigenvalue weighted by atomic mass is 10.1. The quantitative estimate of drug-likeness (QED) is 0.853. The molecule has 1 N–H and O–H groups in total. The van der Waals surface area contributed by atoms with E-state index in [-0.39, 0.29) is 18.4 Å². The molecule has 0 saturated carbocycles. The molecule has 0 fully saturated rings. The normalized spacial score (nSPS) is 14.8. The second kappa shape index (κ2) is 6.89. The Labute approximate surface area is 151 Å². The third-order valence-corrected chi connectivity index (χ3v) is 6.97. The molecule has 1 aliphatic rings. The highest BCUT2D eigenvalue weighted by molar-refractivity contribution is 7.91. The van der Waals surface area contributed by atoms with Gasteiger partial charge in [0.1, 0.15) is 4.21 Å². The lowest BCUT2D eigenvalue weighted by Gasteiger charge is -2.29. The first-order valence-electron chi connectivity index (χ1n) is 8.17. The van der Waals surface area contributed by atoms with Crippen molar-refractivity contribution in [3.63, 3.8) is 0 Å². The number of aryl methyl sites for hydroxylation is 1. The molecule has 0 saturated heterocycles. The molecule has 0 radical (unpaired) electrons. The van der Waals surface area contributed by atoms with Crippen molar-refractivity contribution in [3.8, 4) is 0 Å². The molecule has 0 unspecified atom stereocenters. The molecule has 1 aliphatic heterocycles. The van der Waals surface area contributed by atoms with Crippen LogP contribution < -0.4 is 4.72 Å². The molecule has 2 aromatic rings. The summed E-state index contributed by atoms with van der Waals surface area (Å²) in [4.78, 5) is 14.9. The zero-order chi connectivity index (χ0) is 18.2. The van der Waals surface area contributed by atoms with Gasteiger partial charge in [0.25, 0.3) is 0 Å². The molecule has 136 valence electrons. The summed E-state index contributed by atoms with van der Waals surface area (Å²) < 4.78 is 29.3. The van der Waals surface area contributed by atoms with Crippen LogP contribution in [-0.2, 0) is 34.5 Å². The number of fused-ring (bicyclic) bond motifs is 1. The maximum absolute atomic E-state index is 12.3. The minimum absolute atomic E-state index is 0.0324. The van der Waals surface area contributed by atoms with Gasteiger partial charge in [-0.25, -0.2) is 13.1 Å². The number of aromatic nitrogens is 2. The van der Waals surface area contributed by atoms with Crippen LogP contribution in [0.4, 0.5) is 0 Å². The molecule has 1 amide bonds. The number of carbonyl (C=O) groups is 1. The number of thiophene rings is 1. The topological polar surface area (TPSA) is 84.3 Å². The first kappa shape index (κ1) is 18.1. The Morgan fingerprint density at radius 3 is 2.76 bits per heavy atom. The average molecular weight is 383 g/mol. The number of hydrogen-bond acceptors (Lipinski definition) is 5. The SMILES string of the molecule is Cc1ccc(S(=O)(=O)NCc2cc3n(n2)CCN(C(=O)C(C)C)C3)s1. The molecular weight excluding hydrogens is 360 g/mol. The average Bonchev–Trinajstić information content (AvgIpc) is 3.17. The van der Waals surface area contributed by atoms with Crippen molar-refractivity contribution in [1.82, 2.24) is 19.4 Å². The molecule has 7 nitrogen and oxygen atoms in total. The lowest BCUT2D eigenvalue weighted by molar-refractivity contribution is -0.136. The van der Waals surface area contributed by atoms with Gasteiger partial charge in [-0.2, -0.15) is 5.10 Å². The number of rotatable bonds is 5. The number of nitrogens with zero attached hydrogens (tertiary/aromatic N) is 3. The molecule has 25 heavy (non-hydrogen) atoms.